The Balaban J connectivity index is 1.54. The van der Waals surface area contributed by atoms with Gasteiger partial charge in [0.05, 0.1) is 16.7 Å². The summed E-state index contributed by atoms with van der Waals surface area (Å²) in [5.74, 6) is 0.529. The van der Waals surface area contributed by atoms with E-state index in [2.05, 4.69) is 11.9 Å². The molecule has 0 saturated carbocycles. The van der Waals surface area contributed by atoms with E-state index in [1.165, 1.54) is 32.1 Å². The Labute approximate surface area is 199 Å². The maximum Gasteiger partial charge on any atom is 0.363 e. The molecule has 0 saturated heterocycles. The molecule has 1 aliphatic heterocycles. The van der Waals surface area contributed by atoms with Crippen LogP contribution in [0.3, 0.4) is 0 Å². The van der Waals surface area contributed by atoms with Gasteiger partial charge < -0.3 is 9.47 Å². The van der Waals surface area contributed by atoms with Crippen molar-refractivity contribution >= 4 is 47.2 Å². The molecule has 32 heavy (non-hydrogen) atoms. The molecule has 1 aliphatic rings. The predicted molar refractivity (Wildman–Crippen MR) is 132 cm³/mol. The second-order valence-electron chi connectivity index (χ2n) is 7.53. The Morgan fingerprint density at radius 2 is 1.72 bits per heavy atom. The topological polar surface area (TPSA) is 47.9 Å². The van der Waals surface area contributed by atoms with Crippen LogP contribution in [0.15, 0.2) is 59.2 Å². The van der Waals surface area contributed by atoms with Gasteiger partial charge in [0.15, 0.2) is 5.70 Å². The largest absolute Gasteiger partial charge is 0.494 e. The second-order valence-corrected chi connectivity index (χ2v) is 8.32. The van der Waals surface area contributed by atoms with Crippen molar-refractivity contribution in [2.75, 3.05) is 6.61 Å². The maximum atomic E-state index is 12.1. The van der Waals surface area contributed by atoms with Crippen molar-refractivity contribution < 1.29 is 14.3 Å². The number of cyclic esters (lactones) is 1. The van der Waals surface area contributed by atoms with Crippen LogP contribution < -0.4 is 4.74 Å². The average Bonchev–Trinajstić information content (AvgIpc) is 3.14. The molecule has 6 heteroatoms. The molecule has 2 aromatic rings. The standard InChI is InChI=1S/C26H27Cl2NO3/c1-2-3-4-5-6-7-17-31-21-14-11-19(12-15-21)18-23-26(30)32-24(29-23)16-13-20-9-8-10-22(27)25(20)28/h8-16,18H,2-7,17H2,1H3. The lowest BCUT2D eigenvalue weighted by Crippen LogP contribution is -2.01. The number of unbranched alkanes of at least 4 members (excludes halogenated alkanes) is 5. The van der Waals surface area contributed by atoms with Gasteiger partial charge >= 0.3 is 5.97 Å². The minimum atomic E-state index is -0.495. The van der Waals surface area contributed by atoms with Gasteiger partial charge in [0, 0.05) is 6.08 Å². The number of hydrogen-bond donors (Lipinski definition) is 0. The van der Waals surface area contributed by atoms with Gasteiger partial charge in [-0.25, -0.2) is 9.79 Å². The van der Waals surface area contributed by atoms with Crippen LogP contribution in [0.5, 0.6) is 5.75 Å². The van der Waals surface area contributed by atoms with E-state index < -0.39 is 5.97 Å². The smallest absolute Gasteiger partial charge is 0.363 e. The zero-order chi connectivity index (χ0) is 22.8. The van der Waals surface area contributed by atoms with E-state index >= 15 is 0 Å². The van der Waals surface area contributed by atoms with Crippen LogP contribution in [0.2, 0.25) is 10.0 Å². The van der Waals surface area contributed by atoms with Gasteiger partial charge in [-0.15, -0.1) is 0 Å². The lowest BCUT2D eigenvalue weighted by Gasteiger charge is -2.06. The summed E-state index contributed by atoms with van der Waals surface area (Å²) in [7, 11) is 0. The fraction of sp³-hybridized carbons (Fsp3) is 0.308. The van der Waals surface area contributed by atoms with Gasteiger partial charge in [-0.1, -0.05) is 86.5 Å². The fourth-order valence-corrected chi connectivity index (χ4v) is 3.57. The number of carbonyl (C=O) groups excluding carboxylic acids is 1. The molecule has 0 bridgehead atoms. The number of carbonyl (C=O) groups is 1. The van der Waals surface area contributed by atoms with E-state index in [0.717, 1.165) is 24.3 Å². The van der Waals surface area contributed by atoms with Crippen molar-refractivity contribution in [3.63, 3.8) is 0 Å². The Hall–Kier alpha value is -2.56. The molecule has 2 aromatic carbocycles. The molecule has 168 valence electrons. The van der Waals surface area contributed by atoms with Crippen molar-refractivity contribution in [2.24, 2.45) is 4.99 Å². The number of hydrogen-bond acceptors (Lipinski definition) is 4. The SMILES string of the molecule is CCCCCCCCOc1ccc(C=C2N=C(C=Cc3cccc(Cl)c3Cl)OC2=O)cc1. The summed E-state index contributed by atoms with van der Waals surface area (Å²) in [5.41, 5.74) is 1.80. The van der Waals surface area contributed by atoms with Crippen LogP contribution in [0, 0.1) is 0 Å². The zero-order valence-electron chi connectivity index (χ0n) is 18.2. The van der Waals surface area contributed by atoms with Crippen LogP contribution in [0.4, 0.5) is 0 Å². The number of rotatable bonds is 11. The van der Waals surface area contributed by atoms with Crippen molar-refractivity contribution in [3.05, 3.63) is 75.4 Å². The molecule has 3 rings (SSSR count). The van der Waals surface area contributed by atoms with E-state index in [1.807, 2.05) is 30.3 Å². The Bertz CT molecular complexity index is 1010. The van der Waals surface area contributed by atoms with Gasteiger partial charge in [0.25, 0.3) is 0 Å². The Morgan fingerprint density at radius 3 is 2.50 bits per heavy atom. The minimum absolute atomic E-state index is 0.205. The third-order valence-electron chi connectivity index (χ3n) is 4.97. The first-order valence-electron chi connectivity index (χ1n) is 10.9. The number of halogens is 2. The lowest BCUT2D eigenvalue weighted by molar-refractivity contribution is -0.129. The van der Waals surface area contributed by atoms with Crippen molar-refractivity contribution in [3.8, 4) is 5.75 Å². The number of benzene rings is 2. The van der Waals surface area contributed by atoms with Crippen LogP contribution >= 0.6 is 23.2 Å². The first-order chi connectivity index (χ1) is 15.6. The fourth-order valence-electron chi connectivity index (χ4n) is 3.20. The normalized spacial score (nSPS) is 14.8. The molecule has 0 aromatic heterocycles. The van der Waals surface area contributed by atoms with Crippen molar-refractivity contribution in [2.45, 2.75) is 45.4 Å². The Morgan fingerprint density at radius 1 is 0.969 bits per heavy atom. The second kappa shape index (κ2) is 12.5. The monoisotopic (exact) mass is 471 g/mol. The molecular weight excluding hydrogens is 445 g/mol. The van der Waals surface area contributed by atoms with Gasteiger partial charge in [0.2, 0.25) is 5.90 Å². The first kappa shape index (κ1) is 24.1. The van der Waals surface area contributed by atoms with E-state index in [9.17, 15) is 4.79 Å². The van der Waals surface area contributed by atoms with Crippen molar-refractivity contribution in [1.82, 2.24) is 0 Å². The van der Waals surface area contributed by atoms with Crippen LogP contribution in [0.25, 0.3) is 12.2 Å². The zero-order valence-corrected chi connectivity index (χ0v) is 19.7. The first-order valence-corrected chi connectivity index (χ1v) is 11.7. The van der Waals surface area contributed by atoms with E-state index in [1.54, 1.807) is 30.4 Å². The minimum Gasteiger partial charge on any atom is -0.494 e. The van der Waals surface area contributed by atoms with Crippen LogP contribution in [-0.2, 0) is 9.53 Å². The quantitative estimate of drug-likeness (QED) is 0.191. The highest BCUT2D eigenvalue weighted by Crippen LogP contribution is 2.27. The highest BCUT2D eigenvalue weighted by Gasteiger charge is 2.21. The van der Waals surface area contributed by atoms with Gasteiger partial charge in [-0.2, -0.15) is 0 Å². The average molecular weight is 472 g/mol. The molecule has 0 atom stereocenters. The molecule has 0 N–H and O–H groups in total. The highest BCUT2D eigenvalue weighted by atomic mass is 35.5. The van der Waals surface area contributed by atoms with Gasteiger partial charge in [-0.05, 0) is 47.9 Å². The third-order valence-corrected chi connectivity index (χ3v) is 5.81. The lowest BCUT2D eigenvalue weighted by atomic mass is 10.1. The molecule has 0 radical (unpaired) electrons. The summed E-state index contributed by atoms with van der Waals surface area (Å²) >= 11 is 12.2. The molecule has 0 spiro atoms. The molecule has 0 unspecified atom stereocenters. The van der Waals surface area contributed by atoms with E-state index in [4.69, 9.17) is 32.7 Å². The summed E-state index contributed by atoms with van der Waals surface area (Å²) in [6.07, 6.45) is 12.4. The highest BCUT2D eigenvalue weighted by molar-refractivity contribution is 6.42. The van der Waals surface area contributed by atoms with Crippen LogP contribution in [0.1, 0.15) is 56.6 Å². The number of esters is 1. The number of ether oxygens (including phenoxy) is 2. The molecule has 1 heterocycles. The summed E-state index contributed by atoms with van der Waals surface area (Å²) in [5, 5.41) is 0.893. The summed E-state index contributed by atoms with van der Waals surface area (Å²) < 4.78 is 11.0. The summed E-state index contributed by atoms with van der Waals surface area (Å²) in [6, 6.07) is 12.9. The molecular formula is C26H27Cl2NO3. The van der Waals surface area contributed by atoms with Gasteiger partial charge in [-0.3, -0.25) is 0 Å². The van der Waals surface area contributed by atoms with Gasteiger partial charge in [0.1, 0.15) is 5.75 Å². The number of aliphatic imine (C=N–C) groups is 1. The maximum absolute atomic E-state index is 12.1. The summed E-state index contributed by atoms with van der Waals surface area (Å²) in [6.45, 7) is 2.94. The van der Waals surface area contributed by atoms with E-state index in [0.29, 0.717) is 15.6 Å². The molecule has 4 nitrogen and oxygen atoms in total. The van der Waals surface area contributed by atoms with E-state index in [-0.39, 0.29) is 11.6 Å². The summed E-state index contributed by atoms with van der Waals surface area (Å²) in [4.78, 5) is 16.4. The van der Waals surface area contributed by atoms with Crippen molar-refractivity contribution in [1.29, 1.82) is 0 Å². The molecule has 0 fully saturated rings. The van der Waals surface area contributed by atoms with Crippen LogP contribution in [-0.4, -0.2) is 18.5 Å². The molecule has 0 amide bonds. The third kappa shape index (κ3) is 7.25. The molecule has 0 aliphatic carbocycles. The Kier molecular flexibility index (Phi) is 9.39. The number of nitrogens with zero attached hydrogens (tertiary/aromatic N) is 1. The predicted octanol–water partition coefficient (Wildman–Crippen LogP) is 7.74.